The average Bonchev–Trinajstić information content (AvgIpc) is 3.19. The average molecular weight is 322 g/mol. The van der Waals surface area contributed by atoms with Crippen LogP contribution in [0, 0.1) is 20.8 Å². The van der Waals surface area contributed by atoms with Crippen molar-refractivity contribution in [1.29, 1.82) is 0 Å². The summed E-state index contributed by atoms with van der Waals surface area (Å²) < 4.78 is 26.7. The van der Waals surface area contributed by atoms with Gasteiger partial charge >= 0.3 is 0 Å². The molecule has 1 amide bonds. The molecule has 3 rings (SSSR count). The van der Waals surface area contributed by atoms with Gasteiger partial charge in [-0.2, -0.15) is 0 Å². The number of nitrogens with zero attached hydrogens (tertiary/aromatic N) is 1. The van der Waals surface area contributed by atoms with Gasteiger partial charge in [0.1, 0.15) is 6.04 Å². The van der Waals surface area contributed by atoms with E-state index in [-0.39, 0.29) is 11.2 Å². The van der Waals surface area contributed by atoms with Crippen LogP contribution in [0.1, 0.15) is 36.0 Å². The van der Waals surface area contributed by atoms with Crippen molar-refractivity contribution in [1.82, 2.24) is 4.72 Å². The lowest BCUT2D eigenvalue weighted by molar-refractivity contribution is -0.118. The number of hydrogen-bond donors (Lipinski definition) is 1. The Hall–Kier alpha value is -1.40. The first-order chi connectivity index (χ1) is 10.3. The van der Waals surface area contributed by atoms with Gasteiger partial charge < -0.3 is 4.90 Å². The van der Waals surface area contributed by atoms with Crippen LogP contribution in [0.4, 0.5) is 5.69 Å². The number of hydrogen-bond acceptors (Lipinski definition) is 3. The summed E-state index contributed by atoms with van der Waals surface area (Å²) in [6.45, 7) is 6.57. The third-order valence-electron chi connectivity index (χ3n) is 4.38. The molecule has 120 valence electrons. The molecular weight excluding hydrogens is 300 g/mol. The van der Waals surface area contributed by atoms with Gasteiger partial charge in [-0.1, -0.05) is 17.7 Å². The van der Waals surface area contributed by atoms with Gasteiger partial charge in [0.2, 0.25) is 15.9 Å². The number of sulfonamides is 1. The van der Waals surface area contributed by atoms with Crippen molar-refractivity contribution >= 4 is 21.6 Å². The summed E-state index contributed by atoms with van der Waals surface area (Å²) in [5, 5.41) is -0.294. The summed E-state index contributed by atoms with van der Waals surface area (Å²) in [6.07, 6.45) is 1.93. The van der Waals surface area contributed by atoms with Crippen molar-refractivity contribution in [2.75, 3.05) is 11.4 Å². The van der Waals surface area contributed by atoms with Crippen LogP contribution >= 0.6 is 0 Å². The van der Waals surface area contributed by atoms with E-state index in [2.05, 4.69) is 16.9 Å². The summed E-state index contributed by atoms with van der Waals surface area (Å²) in [5.74, 6) is -0.140. The van der Waals surface area contributed by atoms with E-state index >= 15 is 0 Å². The van der Waals surface area contributed by atoms with E-state index in [0.717, 1.165) is 22.4 Å². The highest BCUT2D eigenvalue weighted by Crippen LogP contribution is 2.32. The zero-order chi connectivity index (χ0) is 16.1. The quantitative estimate of drug-likeness (QED) is 0.919. The molecule has 6 heteroatoms. The first-order valence-electron chi connectivity index (χ1n) is 7.70. The molecule has 0 bridgehead atoms. The minimum Gasteiger partial charge on any atom is -0.310 e. The molecule has 1 saturated carbocycles. The minimum absolute atomic E-state index is 0.140. The largest absolute Gasteiger partial charge is 0.310 e. The van der Waals surface area contributed by atoms with E-state index in [9.17, 15) is 13.2 Å². The Morgan fingerprint density at radius 2 is 1.68 bits per heavy atom. The molecule has 1 atom stereocenters. The van der Waals surface area contributed by atoms with Gasteiger partial charge in [0.05, 0.1) is 5.25 Å². The monoisotopic (exact) mass is 322 g/mol. The van der Waals surface area contributed by atoms with Crippen molar-refractivity contribution in [2.24, 2.45) is 0 Å². The standard InChI is InChI=1S/C16H22N2O3S/c1-10-8-11(2)15(12(3)9-10)18-7-6-14(16(18)19)17-22(20,21)13-4-5-13/h8-9,13-14,17H,4-7H2,1-3H3/t14-/m1/s1. The van der Waals surface area contributed by atoms with Crippen LogP contribution in [0.3, 0.4) is 0 Å². The number of nitrogens with one attached hydrogen (secondary N) is 1. The second kappa shape index (κ2) is 5.35. The van der Waals surface area contributed by atoms with Gasteiger partial charge in [0.15, 0.2) is 0 Å². The first-order valence-corrected chi connectivity index (χ1v) is 9.24. The zero-order valence-corrected chi connectivity index (χ0v) is 14.0. The molecule has 1 aromatic rings. The number of carbonyl (C=O) groups is 1. The predicted molar refractivity (Wildman–Crippen MR) is 86.5 cm³/mol. The van der Waals surface area contributed by atoms with Crippen molar-refractivity contribution in [3.8, 4) is 0 Å². The fourth-order valence-electron chi connectivity index (χ4n) is 3.28. The Kier molecular flexibility index (Phi) is 3.77. The minimum atomic E-state index is -3.33. The van der Waals surface area contributed by atoms with E-state index in [1.54, 1.807) is 4.90 Å². The van der Waals surface area contributed by atoms with E-state index in [0.29, 0.717) is 25.8 Å². The molecule has 1 aliphatic carbocycles. The van der Waals surface area contributed by atoms with Gasteiger partial charge in [0.25, 0.3) is 0 Å². The van der Waals surface area contributed by atoms with Crippen molar-refractivity contribution in [3.63, 3.8) is 0 Å². The second-order valence-corrected chi connectivity index (χ2v) is 8.43. The summed E-state index contributed by atoms with van der Waals surface area (Å²) >= 11 is 0. The molecule has 5 nitrogen and oxygen atoms in total. The number of benzene rings is 1. The SMILES string of the molecule is Cc1cc(C)c(N2CC[C@@H](NS(=O)(=O)C3CC3)C2=O)c(C)c1. The summed E-state index contributed by atoms with van der Waals surface area (Å²) in [6, 6.07) is 3.49. The summed E-state index contributed by atoms with van der Waals surface area (Å²) in [5.41, 5.74) is 4.19. The Bertz CT molecular complexity index is 700. The number of anilines is 1. The van der Waals surface area contributed by atoms with Gasteiger partial charge in [-0.05, 0) is 51.2 Å². The van der Waals surface area contributed by atoms with E-state index in [1.165, 1.54) is 0 Å². The number of amides is 1. The molecule has 0 radical (unpaired) electrons. The fraction of sp³-hybridized carbons (Fsp3) is 0.562. The molecule has 1 aromatic carbocycles. The molecule has 0 aromatic heterocycles. The topological polar surface area (TPSA) is 66.5 Å². The fourth-order valence-corrected chi connectivity index (χ4v) is 4.85. The van der Waals surface area contributed by atoms with Crippen molar-refractivity contribution in [2.45, 2.75) is 51.3 Å². The summed E-state index contributed by atoms with van der Waals surface area (Å²) in [7, 11) is -3.33. The van der Waals surface area contributed by atoms with Gasteiger partial charge in [-0.3, -0.25) is 4.79 Å². The van der Waals surface area contributed by atoms with Crippen molar-refractivity contribution in [3.05, 3.63) is 28.8 Å². The Morgan fingerprint density at radius 3 is 2.23 bits per heavy atom. The molecule has 22 heavy (non-hydrogen) atoms. The molecule has 1 saturated heterocycles. The maximum absolute atomic E-state index is 12.6. The van der Waals surface area contributed by atoms with Crippen LogP contribution in [0.15, 0.2) is 12.1 Å². The molecule has 2 aliphatic rings. The molecule has 0 spiro atoms. The van der Waals surface area contributed by atoms with Gasteiger partial charge in [0, 0.05) is 12.2 Å². The van der Waals surface area contributed by atoms with Crippen LogP contribution in [0.5, 0.6) is 0 Å². The highest BCUT2D eigenvalue weighted by Gasteiger charge is 2.41. The highest BCUT2D eigenvalue weighted by atomic mass is 32.2. The maximum atomic E-state index is 12.6. The van der Waals surface area contributed by atoms with Gasteiger partial charge in [-0.25, -0.2) is 13.1 Å². The molecule has 2 fully saturated rings. The number of aryl methyl sites for hydroxylation is 3. The molecule has 0 unspecified atom stereocenters. The lowest BCUT2D eigenvalue weighted by Crippen LogP contribution is -2.43. The predicted octanol–water partition coefficient (Wildman–Crippen LogP) is 1.80. The Labute approximate surface area is 131 Å². The molecule has 1 heterocycles. The van der Waals surface area contributed by atoms with Crippen molar-refractivity contribution < 1.29 is 13.2 Å². The van der Waals surface area contributed by atoms with E-state index < -0.39 is 16.1 Å². The summed E-state index contributed by atoms with van der Waals surface area (Å²) in [4.78, 5) is 14.3. The maximum Gasteiger partial charge on any atom is 0.245 e. The molecule has 1 aliphatic heterocycles. The first kappa shape index (κ1) is 15.5. The Morgan fingerprint density at radius 1 is 1.09 bits per heavy atom. The van der Waals surface area contributed by atoms with Gasteiger partial charge in [-0.15, -0.1) is 0 Å². The number of carbonyl (C=O) groups excluding carboxylic acids is 1. The van der Waals surface area contributed by atoms with Crippen LogP contribution in [-0.2, 0) is 14.8 Å². The normalized spacial score (nSPS) is 22.4. The molecular formula is C16H22N2O3S. The van der Waals surface area contributed by atoms with Crippen LogP contribution < -0.4 is 9.62 Å². The smallest absolute Gasteiger partial charge is 0.245 e. The van der Waals surface area contributed by atoms with Crippen LogP contribution in [0.2, 0.25) is 0 Å². The van der Waals surface area contributed by atoms with E-state index in [1.807, 2.05) is 20.8 Å². The van der Waals surface area contributed by atoms with E-state index in [4.69, 9.17) is 0 Å². The zero-order valence-electron chi connectivity index (χ0n) is 13.2. The van der Waals surface area contributed by atoms with Crippen LogP contribution in [0.25, 0.3) is 0 Å². The second-order valence-electron chi connectivity index (χ2n) is 6.44. The molecule has 1 N–H and O–H groups in total. The van der Waals surface area contributed by atoms with Crippen LogP contribution in [-0.4, -0.2) is 32.2 Å². The lowest BCUT2D eigenvalue weighted by Gasteiger charge is -2.22. The number of rotatable bonds is 4. The third-order valence-corrected chi connectivity index (χ3v) is 6.34. The highest BCUT2D eigenvalue weighted by molar-refractivity contribution is 7.90. The lowest BCUT2D eigenvalue weighted by atomic mass is 10.0. The third kappa shape index (κ3) is 2.77. The Balaban J connectivity index is 1.82.